The molecule has 1 N–H and O–H groups in total. The number of rotatable bonds is 6. The number of carbonyl (C=O) groups excluding carboxylic acids is 2. The van der Waals surface area contributed by atoms with Gasteiger partial charge in [-0.1, -0.05) is 25.0 Å². The van der Waals surface area contributed by atoms with E-state index in [0.717, 1.165) is 30.6 Å². The first-order valence-corrected chi connectivity index (χ1v) is 9.46. The second-order valence-electron chi connectivity index (χ2n) is 7.22. The molecule has 1 fully saturated rings. The molecule has 3 rings (SSSR count). The van der Waals surface area contributed by atoms with Crippen molar-refractivity contribution < 1.29 is 19.1 Å². The summed E-state index contributed by atoms with van der Waals surface area (Å²) in [6, 6.07) is 7.14. The number of hydrogen-bond donors (Lipinski definition) is 1. The molecule has 1 saturated carbocycles. The molecular formula is C22H27NO4. The van der Waals surface area contributed by atoms with Crippen LogP contribution in [0.5, 0.6) is 5.75 Å². The van der Waals surface area contributed by atoms with Crippen LogP contribution in [0.15, 0.2) is 47.2 Å². The number of nitrogens with one attached hydrogen (secondary N) is 1. The molecular weight excluding hydrogens is 342 g/mol. The average Bonchev–Trinajstić information content (AvgIpc) is 3.17. The van der Waals surface area contributed by atoms with E-state index in [2.05, 4.69) is 5.32 Å². The summed E-state index contributed by atoms with van der Waals surface area (Å²) < 4.78 is 10.6. The van der Waals surface area contributed by atoms with E-state index in [-0.39, 0.29) is 11.7 Å². The van der Waals surface area contributed by atoms with Crippen molar-refractivity contribution in [2.45, 2.75) is 51.0 Å². The van der Waals surface area contributed by atoms with E-state index in [4.69, 9.17) is 9.47 Å². The molecule has 0 radical (unpaired) electrons. The van der Waals surface area contributed by atoms with Crippen molar-refractivity contribution in [3.8, 4) is 5.75 Å². The minimum Gasteiger partial charge on any atom is -0.497 e. The molecule has 0 saturated heterocycles. The van der Waals surface area contributed by atoms with Crippen molar-refractivity contribution in [1.82, 2.24) is 5.32 Å². The Balaban J connectivity index is 1.88. The number of carbonyl (C=O) groups is 2. The summed E-state index contributed by atoms with van der Waals surface area (Å²) in [5.41, 5.74) is 1.29. The zero-order chi connectivity index (χ0) is 19.4. The maximum Gasteiger partial charge on any atom is 0.248 e. The summed E-state index contributed by atoms with van der Waals surface area (Å²) in [7, 11) is 3.19. The summed E-state index contributed by atoms with van der Waals surface area (Å²) in [6.07, 6.45) is 6.60. The van der Waals surface area contributed by atoms with Gasteiger partial charge in [-0.3, -0.25) is 9.59 Å². The molecule has 0 atom stereocenters. The standard InChI is InChI=1S/C22H27NO4/c1-15-18(10-7-11-19(15)27-3)21(25)23-22(12-4-5-13-22)20(24)16-8-6-9-17(14-16)26-2/h6,8-9,11,14H,4-5,7,10,12-13H2,1-3H3,(H,23,25). The topological polar surface area (TPSA) is 64.6 Å². The zero-order valence-corrected chi connectivity index (χ0v) is 16.3. The van der Waals surface area contributed by atoms with Crippen LogP contribution in [-0.2, 0) is 9.53 Å². The zero-order valence-electron chi connectivity index (χ0n) is 16.3. The summed E-state index contributed by atoms with van der Waals surface area (Å²) in [5.74, 6) is 1.18. The van der Waals surface area contributed by atoms with Crippen molar-refractivity contribution in [1.29, 1.82) is 0 Å². The Morgan fingerprint density at radius 2 is 1.85 bits per heavy atom. The number of ether oxygens (including phenoxy) is 2. The van der Waals surface area contributed by atoms with E-state index in [1.165, 1.54) is 0 Å². The lowest BCUT2D eigenvalue weighted by Crippen LogP contribution is -2.53. The van der Waals surface area contributed by atoms with E-state index in [1.807, 2.05) is 19.1 Å². The highest BCUT2D eigenvalue weighted by molar-refractivity contribution is 6.07. The summed E-state index contributed by atoms with van der Waals surface area (Å²) in [4.78, 5) is 26.4. The molecule has 1 aromatic carbocycles. The molecule has 0 aliphatic heterocycles. The molecule has 144 valence electrons. The van der Waals surface area contributed by atoms with Crippen LogP contribution < -0.4 is 10.1 Å². The third kappa shape index (κ3) is 3.77. The fraction of sp³-hybridized carbons (Fsp3) is 0.455. The number of ketones is 1. The quantitative estimate of drug-likeness (QED) is 0.771. The second kappa shape index (κ2) is 7.99. The Morgan fingerprint density at radius 3 is 2.52 bits per heavy atom. The minimum absolute atomic E-state index is 0.0381. The van der Waals surface area contributed by atoms with Gasteiger partial charge >= 0.3 is 0 Å². The number of methoxy groups -OCH3 is 2. The predicted octanol–water partition coefficient (Wildman–Crippen LogP) is 3.95. The Hall–Kier alpha value is -2.56. The van der Waals surface area contributed by atoms with Gasteiger partial charge in [0.1, 0.15) is 17.0 Å². The summed E-state index contributed by atoms with van der Waals surface area (Å²) in [6.45, 7) is 1.90. The van der Waals surface area contributed by atoms with Gasteiger partial charge in [0.05, 0.1) is 14.2 Å². The summed E-state index contributed by atoms with van der Waals surface area (Å²) in [5, 5.41) is 3.10. The first-order chi connectivity index (χ1) is 13.0. The van der Waals surface area contributed by atoms with E-state index in [9.17, 15) is 9.59 Å². The van der Waals surface area contributed by atoms with Crippen LogP contribution in [0, 0.1) is 0 Å². The van der Waals surface area contributed by atoms with Gasteiger partial charge in [0, 0.05) is 11.1 Å². The van der Waals surface area contributed by atoms with Crippen molar-refractivity contribution in [2.24, 2.45) is 0 Å². The highest BCUT2D eigenvalue weighted by Gasteiger charge is 2.43. The fourth-order valence-electron chi connectivity index (χ4n) is 4.08. The maximum absolute atomic E-state index is 13.3. The monoisotopic (exact) mass is 369 g/mol. The smallest absolute Gasteiger partial charge is 0.248 e. The second-order valence-corrected chi connectivity index (χ2v) is 7.22. The van der Waals surface area contributed by atoms with Gasteiger partial charge in [-0.25, -0.2) is 0 Å². The molecule has 0 aromatic heterocycles. The van der Waals surface area contributed by atoms with Gasteiger partial charge in [-0.15, -0.1) is 0 Å². The Morgan fingerprint density at radius 1 is 1.11 bits per heavy atom. The van der Waals surface area contributed by atoms with Crippen LogP contribution >= 0.6 is 0 Å². The van der Waals surface area contributed by atoms with E-state index < -0.39 is 5.54 Å². The van der Waals surface area contributed by atoms with Crippen LogP contribution in [0.2, 0.25) is 0 Å². The van der Waals surface area contributed by atoms with Crippen LogP contribution in [0.4, 0.5) is 0 Å². The Bertz CT molecular complexity index is 800. The van der Waals surface area contributed by atoms with E-state index in [1.54, 1.807) is 32.4 Å². The van der Waals surface area contributed by atoms with Gasteiger partial charge in [0.25, 0.3) is 0 Å². The molecule has 5 heteroatoms. The lowest BCUT2D eigenvalue weighted by Gasteiger charge is -2.30. The van der Waals surface area contributed by atoms with E-state index >= 15 is 0 Å². The predicted molar refractivity (Wildman–Crippen MR) is 104 cm³/mol. The first-order valence-electron chi connectivity index (χ1n) is 9.46. The van der Waals surface area contributed by atoms with Gasteiger partial charge in [0.2, 0.25) is 5.91 Å². The number of hydrogen-bond acceptors (Lipinski definition) is 4. The van der Waals surface area contributed by atoms with Gasteiger partial charge in [-0.2, -0.15) is 0 Å². The van der Waals surface area contributed by atoms with E-state index in [0.29, 0.717) is 36.1 Å². The van der Waals surface area contributed by atoms with Gasteiger partial charge in [0.15, 0.2) is 5.78 Å². The molecule has 0 spiro atoms. The lowest BCUT2D eigenvalue weighted by molar-refractivity contribution is -0.119. The number of allylic oxidation sites excluding steroid dienone is 2. The first kappa shape index (κ1) is 19.2. The maximum atomic E-state index is 13.3. The number of Topliss-reactive ketones (excluding diaryl/α,β-unsaturated/α-hetero) is 1. The molecule has 27 heavy (non-hydrogen) atoms. The SMILES string of the molecule is COC1=CCCC(C(=O)NC2(C(=O)c3cccc(OC)c3)CCCC2)=C1C. The molecule has 0 unspecified atom stereocenters. The molecule has 5 nitrogen and oxygen atoms in total. The third-order valence-electron chi connectivity index (χ3n) is 5.62. The Labute approximate surface area is 160 Å². The molecule has 2 aliphatic carbocycles. The fourth-order valence-corrected chi connectivity index (χ4v) is 4.08. The third-order valence-corrected chi connectivity index (χ3v) is 5.62. The van der Waals surface area contributed by atoms with Crippen molar-refractivity contribution >= 4 is 11.7 Å². The van der Waals surface area contributed by atoms with Gasteiger partial charge < -0.3 is 14.8 Å². The highest BCUT2D eigenvalue weighted by Crippen LogP contribution is 2.35. The molecule has 1 amide bonds. The largest absolute Gasteiger partial charge is 0.497 e. The number of amides is 1. The van der Waals surface area contributed by atoms with Crippen LogP contribution in [0.3, 0.4) is 0 Å². The summed E-state index contributed by atoms with van der Waals surface area (Å²) >= 11 is 0. The lowest BCUT2D eigenvalue weighted by atomic mass is 9.86. The number of benzene rings is 1. The normalized spacial score (nSPS) is 18.7. The van der Waals surface area contributed by atoms with Gasteiger partial charge in [-0.05, 0) is 56.4 Å². The molecule has 1 aromatic rings. The average molecular weight is 369 g/mol. The van der Waals surface area contributed by atoms with Crippen LogP contribution in [-0.4, -0.2) is 31.4 Å². The van der Waals surface area contributed by atoms with Crippen LogP contribution in [0.1, 0.15) is 55.8 Å². The molecule has 2 aliphatic rings. The van der Waals surface area contributed by atoms with Crippen molar-refractivity contribution in [3.05, 3.63) is 52.8 Å². The van der Waals surface area contributed by atoms with Crippen molar-refractivity contribution in [2.75, 3.05) is 14.2 Å². The molecule has 0 heterocycles. The highest BCUT2D eigenvalue weighted by atomic mass is 16.5. The van der Waals surface area contributed by atoms with Crippen molar-refractivity contribution in [3.63, 3.8) is 0 Å². The minimum atomic E-state index is -0.842. The van der Waals surface area contributed by atoms with Crippen LogP contribution in [0.25, 0.3) is 0 Å². The Kier molecular flexibility index (Phi) is 5.68. The molecule has 0 bridgehead atoms.